The number of carbonyl (C=O) groups excluding carboxylic acids is 1. The van der Waals surface area contributed by atoms with E-state index in [1.165, 1.54) is 12.1 Å². The molecule has 16 heavy (non-hydrogen) atoms. The minimum Gasteiger partial charge on any atom is -0.351 e. The molecule has 8 heteroatoms. The molecule has 88 valence electrons. The third-order valence-electron chi connectivity index (χ3n) is 1.53. The normalized spacial score (nSPS) is 13.2. The van der Waals surface area contributed by atoms with Crippen LogP contribution >= 0.6 is 0 Å². The molecule has 0 aliphatic heterocycles. The van der Waals surface area contributed by atoms with Crippen LogP contribution in [0.4, 0.5) is 23.7 Å². The molecule has 0 aliphatic rings. The van der Waals surface area contributed by atoms with Crippen LogP contribution in [-0.2, 0) is 10.8 Å². The summed E-state index contributed by atoms with van der Waals surface area (Å²) in [6, 6.07) is 3.67. The molecule has 1 aromatic carbocycles. The highest BCUT2D eigenvalue weighted by atomic mass is 32.2. The first-order chi connectivity index (χ1) is 7.30. The largest absolute Gasteiger partial charge is 0.475 e. The van der Waals surface area contributed by atoms with Gasteiger partial charge in [0, 0.05) is 10.6 Å². The SMILES string of the molecule is NC(=O)Nc1cccc(S(=O)C(F)(F)F)c1. The van der Waals surface area contributed by atoms with Gasteiger partial charge in [0.2, 0.25) is 0 Å². The van der Waals surface area contributed by atoms with Crippen molar-refractivity contribution in [1.82, 2.24) is 0 Å². The maximum Gasteiger partial charge on any atom is 0.475 e. The molecular formula is C8H7F3N2O2S. The van der Waals surface area contributed by atoms with Crippen LogP contribution < -0.4 is 11.1 Å². The van der Waals surface area contributed by atoms with Crippen LogP contribution in [0.3, 0.4) is 0 Å². The summed E-state index contributed by atoms with van der Waals surface area (Å²) in [6.45, 7) is 0. The Bertz CT molecular complexity index is 434. The standard InChI is InChI=1S/C8H7F3N2O2S/c9-8(10,11)16(15)6-3-1-2-5(4-6)13-7(12)14/h1-4H,(H3,12,13,14). The summed E-state index contributed by atoms with van der Waals surface area (Å²) in [5.41, 5.74) is 0.0183. The van der Waals surface area contributed by atoms with Crippen molar-refractivity contribution in [2.45, 2.75) is 10.4 Å². The highest BCUT2D eigenvalue weighted by molar-refractivity contribution is 7.86. The van der Waals surface area contributed by atoms with E-state index < -0.39 is 27.2 Å². The lowest BCUT2D eigenvalue weighted by atomic mass is 10.3. The Labute approximate surface area is 91.1 Å². The molecule has 0 saturated carbocycles. The minimum atomic E-state index is -4.83. The van der Waals surface area contributed by atoms with Crippen LogP contribution in [0.2, 0.25) is 0 Å². The number of nitrogens with one attached hydrogen (secondary N) is 1. The fraction of sp³-hybridized carbons (Fsp3) is 0.125. The molecule has 0 heterocycles. The zero-order valence-corrected chi connectivity index (χ0v) is 8.56. The summed E-state index contributed by atoms with van der Waals surface area (Å²) in [6.07, 6.45) is 0. The molecule has 0 radical (unpaired) electrons. The maximum absolute atomic E-state index is 12.1. The highest BCUT2D eigenvalue weighted by Crippen LogP contribution is 2.27. The van der Waals surface area contributed by atoms with Gasteiger partial charge in [-0.2, -0.15) is 13.2 Å². The van der Waals surface area contributed by atoms with Crippen molar-refractivity contribution in [2.75, 3.05) is 5.32 Å². The number of hydrogen-bond donors (Lipinski definition) is 2. The molecule has 1 rings (SSSR count). The number of alkyl halides is 3. The number of amides is 2. The van der Waals surface area contributed by atoms with Gasteiger partial charge in [-0.3, -0.25) is 0 Å². The topological polar surface area (TPSA) is 72.2 Å². The molecule has 3 N–H and O–H groups in total. The van der Waals surface area contributed by atoms with Crippen LogP contribution in [-0.4, -0.2) is 15.7 Å². The van der Waals surface area contributed by atoms with Crippen molar-refractivity contribution >= 4 is 22.5 Å². The van der Waals surface area contributed by atoms with Gasteiger partial charge in [-0.1, -0.05) is 6.07 Å². The molecule has 0 aliphatic carbocycles. The number of rotatable bonds is 2. The first-order valence-corrected chi connectivity index (χ1v) is 5.11. The van der Waals surface area contributed by atoms with Crippen LogP contribution in [0.15, 0.2) is 29.2 Å². The quantitative estimate of drug-likeness (QED) is 0.842. The lowest BCUT2D eigenvalue weighted by Crippen LogP contribution is -2.20. The lowest BCUT2D eigenvalue weighted by molar-refractivity contribution is -0.0384. The van der Waals surface area contributed by atoms with Gasteiger partial charge in [-0.05, 0) is 18.2 Å². The van der Waals surface area contributed by atoms with Crippen molar-refractivity contribution in [3.63, 3.8) is 0 Å². The summed E-state index contributed by atoms with van der Waals surface area (Å²) in [5.74, 6) is 0. The minimum absolute atomic E-state index is 0.0580. The van der Waals surface area contributed by atoms with E-state index in [0.717, 1.165) is 12.1 Å². The molecular weight excluding hydrogens is 245 g/mol. The number of anilines is 1. The summed E-state index contributed by atoms with van der Waals surface area (Å²) < 4.78 is 47.3. The van der Waals surface area contributed by atoms with E-state index in [2.05, 4.69) is 5.32 Å². The molecule has 1 atom stereocenters. The first kappa shape index (κ1) is 12.5. The van der Waals surface area contributed by atoms with Crippen molar-refractivity contribution in [1.29, 1.82) is 0 Å². The van der Waals surface area contributed by atoms with E-state index >= 15 is 0 Å². The molecule has 2 amide bonds. The van der Waals surface area contributed by atoms with Gasteiger partial charge in [0.05, 0.1) is 0 Å². The van der Waals surface area contributed by atoms with Gasteiger partial charge >= 0.3 is 11.5 Å². The van der Waals surface area contributed by atoms with E-state index in [0.29, 0.717) is 0 Å². The first-order valence-electron chi connectivity index (χ1n) is 3.96. The van der Waals surface area contributed by atoms with Crippen molar-refractivity contribution in [3.05, 3.63) is 24.3 Å². The summed E-state index contributed by atoms with van der Waals surface area (Å²) in [7, 11) is -3.12. The van der Waals surface area contributed by atoms with Gasteiger partial charge in [-0.15, -0.1) is 0 Å². The fourth-order valence-corrected chi connectivity index (χ4v) is 1.67. The zero-order valence-electron chi connectivity index (χ0n) is 7.75. The van der Waals surface area contributed by atoms with E-state index in [1.54, 1.807) is 0 Å². The second-order valence-corrected chi connectivity index (χ2v) is 4.20. The van der Waals surface area contributed by atoms with Gasteiger partial charge in [0.1, 0.15) is 0 Å². The van der Waals surface area contributed by atoms with Crippen LogP contribution in [0, 0.1) is 0 Å². The maximum atomic E-state index is 12.1. The van der Waals surface area contributed by atoms with E-state index in [4.69, 9.17) is 5.73 Å². The number of halogens is 3. The van der Waals surface area contributed by atoms with E-state index in [9.17, 15) is 22.2 Å². The molecule has 0 spiro atoms. The smallest absolute Gasteiger partial charge is 0.351 e. The predicted octanol–water partition coefficient (Wildman–Crippen LogP) is 1.80. The number of nitrogens with two attached hydrogens (primary N) is 1. The average Bonchev–Trinajstić information content (AvgIpc) is 2.14. The number of carbonyl (C=O) groups is 1. The molecule has 0 aromatic heterocycles. The third kappa shape index (κ3) is 3.23. The van der Waals surface area contributed by atoms with Crippen LogP contribution in [0.5, 0.6) is 0 Å². The van der Waals surface area contributed by atoms with Crippen molar-refractivity contribution < 1.29 is 22.2 Å². The Kier molecular flexibility index (Phi) is 3.53. The molecule has 0 fully saturated rings. The van der Waals surface area contributed by atoms with E-state index in [1.807, 2.05) is 0 Å². The van der Waals surface area contributed by atoms with Gasteiger partial charge < -0.3 is 11.1 Å². The predicted molar refractivity (Wildman–Crippen MR) is 52.1 cm³/mol. The van der Waals surface area contributed by atoms with Gasteiger partial charge in [0.15, 0.2) is 10.8 Å². The molecule has 1 unspecified atom stereocenters. The number of urea groups is 1. The average molecular weight is 252 g/mol. The van der Waals surface area contributed by atoms with Crippen LogP contribution in [0.25, 0.3) is 0 Å². The zero-order chi connectivity index (χ0) is 12.3. The van der Waals surface area contributed by atoms with Gasteiger partial charge in [-0.25, -0.2) is 9.00 Å². The molecule has 0 bridgehead atoms. The van der Waals surface area contributed by atoms with Crippen molar-refractivity contribution in [3.8, 4) is 0 Å². The molecule has 1 aromatic rings. The molecule has 0 saturated heterocycles. The third-order valence-corrected chi connectivity index (χ3v) is 2.63. The second-order valence-electron chi connectivity index (χ2n) is 2.73. The fourth-order valence-electron chi connectivity index (χ4n) is 0.965. The molecule has 4 nitrogen and oxygen atoms in total. The Balaban J connectivity index is 2.99. The Morgan fingerprint density at radius 3 is 2.50 bits per heavy atom. The Morgan fingerprint density at radius 2 is 2.00 bits per heavy atom. The summed E-state index contributed by atoms with van der Waals surface area (Å²) in [4.78, 5) is 10.0. The number of benzene rings is 1. The van der Waals surface area contributed by atoms with Crippen LogP contribution in [0.1, 0.15) is 0 Å². The number of hydrogen-bond acceptors (Lipinski definition) is 2. The Morgan fingerprint density at radius 1 is 1.38 bits per heavy atom. The highest BCUT2D eigenvalue weighted by Gasteiger charge is 2.37. The summed E-state index contributed by atoms with van der Waals surface area (Å²) >= 11 is 0. The summed E-state index contributed by atoms with van der Waals surface area (Å²) in [5, 5.41) is 2.09. The monoisotopic (exact) mass is 252 g/mol. The second kappa shape index (κ2) is 4.52. The van der Waals surface area contributed by atoms with E-state index in [-0.39, 0.29) is 5.69 Å². The van der Waals surface area contributed by atoms with Gasteiger partial charge in [0.25, 0.3) is 0 Å². The number of primary amides is 1. The lowest BCUT2D eigenvalue weighted by Gasteiger charge is -2.07. The Hall–Kier alpha value is -1.57. The van der Waals surface area contributed by atoms with Crippen molar-refractivity contribution in [2.24, 2.45) is 5.73 Å².